The highest BCUT2D eigenvalue weighted by molar-refractivity contribution is 6.30. The van der Waals surface area contributed by atoms with Crippen molar-refractivity contribution < 1.29 is 14.0 Å². The number of H-pyrrole nitrogens is 1. The minimum absolute atomic E-state index is 0.120. The van der Waals surface area contributed by atoms with Crippen LogP contribution in [-0.2, 0) is 16.1 Å². The SMILES string of the molecule is Cc1cc2cc(N3CCC(C(=O)NCc4cc(F)cc(Cl)c4)C3=O)ccc2[nH]1. The lowest BCUT2D eigenvalue weighted by Gasteiger charge is -2.17. The number of carbonyl (C=O) groups excluding carboxylic acids is 2. The van der Waals surface area contributed by atoms with Crippen LogP contribution >= 0.6 is 11.6 Å². The van der Waals surface area contributed by atoms with Crippen LogP contribution in [0.4, 0.5) is 10.1 Å². The summed E-state index contributed by atoms with van der Waals surface area (Å²) in [7, 11) is 0. The number of aromatic nitrogens is 1. The number of nitrogens with zero attached hydrogens (tertiary/aromatic N) is 1. The molecule has 1 fully saturated rings. The van der Waals surface area contributed by atoms with E-state index in [2.05, 4.69) is 10.3 Å². The zero-order valence-corrected chi connectivity index (χ0v) is 16.0. The number of amides is 2. The van der Waals surface area contributed by atoms with E-state index in [1.807, 2.05) is 31.2 Å². The molecule has 0 saturated carbocycles. The number of benzene rings is 2. The van der Waals surface area contributed by atoms with Crippen molar-refractivity contribution in [3.8, 4) is 0 Å². The first-order valence-electron chi connectivity index (χ1n) is 9.04. The minimum atomic E-state index is -0.743. The molecule has 144 valence electrons. The highest BCUT2D eigenvalue weighted by atomic mass is 35.5. The second-order valence-electron chi connectivity index (χ2n) is 7.05. The minimum Gasteiger partial charge on any atom is -0.359 e. The van der Waals surface area contributed by atoms with E-state index in [-0.39, 0.29) is 23.4 Å². The number of fused-ring (bicyclic) bond motifs is 1. The van der Waals surface area contributed by atoms with E-state index >= 15 is 0 Å². The first kappa shape index (κ1) is 18.5. The molecule has 28 heavy (non-hydrogen) atoms. The summed E-state index contributed by atoms with van der Waals surface area (Å²) >= 11 is 5.83. The number of hydrogen-bond acceptors (Lipinski definition) is 2. The lowest BCUT2D eigenvalue weighted by molar-refractivity contribution is -0.132. The Morgan fingerprint density at radius 3 is 2.89 bits per heavy atom. The number of rotatable bonds is 4. The Balaban J connectivity index is 1.44. The van der Waals surface area contributed by atoms with Crippen LogP contribution < -0.4 is 10.2 Å². The Hall–Kier alpha value is -2.86. The van der Waals surface area contributed by atoms with Crippen LogP contribution in [-0.4, -0.2) is 23.3 Å². The van der Waals surface area contributed by atoms with Crippen molar-refractivity contribution in [1.82, 2.24) is 10.3 Å². The zero-order valence-electron chi connectivity index (χ0n) is 15.3. The van der Waals surface area contributed by atoms with Crippen molar-refractivity contribution in [3.63, 3.8) is 0 Å². The number of hydrogen-bond donors (Lipinski definition) is 2. The monoisotopic (exact) mass is 399 g/mol. The molecule has 2 amide bonds. The molecule has 1 saturated heterocycles. The average molecular weight is 400 g/mol. The lowest BCUT2D eigenvalue weighted by Crippen LogP contribution is -2.36. The Morgan fingerprint density at radius 2 is 2.11 bits per heavy atom. The molecule has 1 aromatic heterocycles. The van der Waals surface area contributed by atoms with Crippen molar-refractivity contribution in [3.05, 3.63) is 64.6 Å². The molecule has 1 aliphatic rings. The average Bonchev–Trinajstić information content (AvgIpc) is 3.19. The second kappa shape index (κ2) is 7.28. The maximum absolute atomic E-state index is 13.4. The van der Waals surface area contributed by atoms with Gasteiger partial charge in [-0.15, -0.1) is 0 Å². The van der Waals surface area contributed by atoms with Gasteiger partial charge in [0.05, 0.1) is 0 Å². The first-order chi connectivity index (χ1) is 13.4. The predicted octanol–water partition coefficient (Wildman–Crippen LogP) is 3.94. The topological polar surface area (TPSA) is 65.2 Å². The van der Waals surface area contributed by atoms with Crippen molar-refractivity contribution >= 4 is 40.0 Å². The van der Waals surface area contributed by atoms with E-state index in [0.29, 0.717) is 18.5 Å². The molecule has 7 heteroatoms. The molecule has 1 atom stereocenters. The summed E-state index contributed by atoms with van der Waals surface area (Å²) in [5, 5.41) is 4.01. The standard InChI is InChI=1S/C21H19ClFN3O2/c1-12-6-14-9-17(2-3-19(14)25-12)26-5-4-18(21(26)28)20(27)24-11-13-7-15(22)10-16(23)8-13/h2-3,6-10,18,25H,4-5,11H2,1H3,(H,24,27). The summed E-state index contributed by atoms with van der Waals surface area (Å²) in [4.78, 5) is 30.2. The van der Waals surface area contributed by atoms with E-state index < -0.39 is 11.7 Å². The van der Waals surface area contributed by atoms with Crippen molar-refractivity contribution in [2.24, 2.45) is 5.92 Å². The van der Waals surface area contributed by atoms with Gasteiger partial charge in [0.15, 0.2) is 0 Å². The van der Waals surface area contributed by atoms with Gasteiger partial charge in [0.2, 0.25) is 11.8 Å². The number of carbonyl (C=O) groups is 2. The maximum atomic E-state index is 13.4. The molecule has 5 nitrogen and oxygen atoms in total. The predicted molar refractivity (Wildman–Crippen MR) is 107 cm³/mol. The van der Waals surface area contributed by atoms with Gasteiger partial charge in [-0.05, 0) is 61.4 Å². The summed E-state index contributed by atoms with van der Waals surface area (Å²) in [6, 6.07) is 11.9. The van der Waals surface area contributed by atoms with E-state index in [1.165, 1.54) is 12.1 Å². The summed E-state index contributed by atoms with van der Waals surface area (Å²) in [6.07, 6.45) is 0.443. The van der Waals surface area contributed by atoms with E-state index in [9.17, 15) is 14.0 Å². The molecule has 0 spiro atoms. The van der Waals surface area contributed by atoms with Crippen LogP contribution in [0.3, 0.4) is 0 Å². The zero-order chi connectivity index (χ0) is 19.8. The highest BCUT2D eigenvalue weighted by Gasteiger charge is 2.37. The molecular formula is C21H19ClFN3O2. The van der Waals surface area contributed by atoms with Crippen LogP contribution in [0.5, 0.6) is 0 Å². The normalized spacial score (nSPS) is 16.8. The van der Waals surface area contributed by atoms with Crippen LogP contribution in [0.15, 0.2) is 42.5 Å². The fourth-order valence-electron chi connectivity index (χ4n) is 3.64. The number of halogens is 2. The summed E-state index contributed by atoms with van der Waals surface area (Å²) < 4.78 is 13.4. The molecule has 2 heterocycles. The summed E-state index contributed by atoms with van der Waals surface area (Å²) in [5.74, 6) is -1.78. The molecule has 1 unspecified atom stereocenters. The molecule has 4 rings (SSSR count). The smallest absolute Gasteiger partial charge is 0.239 e. The Bertz CT molecular complexity index is 1060. The number of aromatic amines is 1. The van der Waals surface area contributed by atoms with Crippen LogP contribution in [0, 0.1) is 18.7 Å². The fraction of sp³-hybridized carbons (Fsp3) is 0.238. The lowest BCUT2D eigenvalue weighted by atomic mass is 10.1. The van der Waals surface area contributed by atoms with Gasteiger partial charge in [0.25, 0.3) is 0 Å². The molecule has 0 bridgehead atoms. The molecule has 2 aromatic carbocycles. The van der Waals surface area contributed by atoms with E-state index in [0.717, 1.165) is 22.3 Å². The van der Waals surface area contributed by atoms with Gasteiger partial charge in [0, 0.05) is 40.4 Å². The largest absolute Gasteiger partial charge is 0.359 e. The van der Waals surface area contributed by atoms with Crippen LogP contribution in [0.2, 0.25) is 5.02 Å². The van der Waals surface area contributed by atoms with Crippen molar-refractivity contribution in [1.29, 1.82) is 0 Å². The van der Waals surface area contributed by atoms with Gasteiger partial charge < -0.3 is 15.2 Å². The van der Waals surface area contributed by atoms with Gasteiger partial charge in [-0.2, -0.15) is 0 Å². The van der Waals surface area contributed by atoms with E-state index in [4.69, 9.17) is 11.6 Å². The number of nitrogens with one attached hydrogen (secondary N) is 2. The first-order valence-corrected chi connectivity index (χ1v) is 9.42. The molecular weight excluding hydrogens is 381 g/mol. The van der Waals surface area contributed by atoms with Gasteiger partial charge >= 0.3 is 0 Å². The molecule has 0 aliphatic carbocycles. The summed E-state index contributed by atoms with van der Waals surface area (Å²) in [5.41, 5.74) is 3.39. The van der Waals surface area contributed by atoms with Crippen molar-refractivity contribution in [2.75, 3.05) is 11.4 Å². The van der Waals surface area contributed by atoms with Gasteiger partial charge in [-0.3, -0.25) is 9.59 Å². The Morgan fingerprint density at radius 1 is 1.29 bits per heavy atom. The Labute approximate surface area is 166 Å². The quantitative estimate of drug-likeness (QED) is 0.653. The van der Waals surface area contributed by atoms with Gasteiger partial charge in [0.1, 0.15) is 11.7 Å². The third-order valence-corrected chi connectivity index (χ3v) is 5.18. The molecule has 1 aliphatic heterocycles. The second-order valence-corrected chi connectivity index (χ2v) is 7.49. The van der Waals surface area contributed by atoms with Crippen molar-refractivity contribution in [2.45, 2.75) is 19.9 Å². The highest BCUT2D eigenvalue weighted by Crippen LogP contribution is 2.28. The van der Waals surface area contributed by atoms with Crippen LogP contribution in [0.25, 0.3) is 10.9 Å². The maximum Gasteiger partial charge on any atom is 0.239 e. The van der Waals surface area contributed by atoms with Gasteiger partial charge in [-0.1, -0.05) is 11.6 Å². The molecule has 2 N–H and O–H groups in total. The summed E-state index contributed by atoms with van der Waals surface area (Å²) in [6.45, 7) is 2.58. The van der Waals surface area contributed by atoms with Gasteiger partial charge in [-0.25, -0.2) is 4.39 Å². The molecule has 0 radical (unpaired) electrons. The number of anilines is 1. The third-order valence-electron chi connectivity index (χ3n) is 4.96. The number of aryl methyl sites for hydroxylation is 1. The molecule has 3 aromatic rings. The van der Waals surface area contributed by atoms with E-state index in [1.54, 1.807) is 11.0 Å². The Kier molecular flexibility index (Phi) is 4.81. The van der Waals surface area contributed by atoms with Crippen LogP contribution in [0.1, 0.15) is 17.7 Å². The third kappa shape index (κ3) is 3.60. The fourth-order valence-corrected chi connectivity index (χ4v) is 3.88.